The normalized spacial score (nSPS) is 22.2. The van der Waals surface area contributed by atoms with Crippen molar-refractivity contribution in [2.45, 2.75) is 147 Å². The van der Waals surface area contributed by atoms with Gasteiger partial charge in [-0.3, -0.25) is 0 Å². The highest BCUT2D eigenvalue weighted by atomic mass is 32.2. The Labute approximate surface area is 268 Å². The van der Waals surface area contributed by atoms with Gasteiger partial charge in [0, 0.05) is 24.6 Å². The molecule has 7 nitrogen and oxygen atoms in total. The molecule has 10 heteroatoms. The van der Waals surface area contributed by atoms with E-state index in [1.165, 1.54) is 38.5 Å². The molecule has 2 aliphatic carbocycles. The maximum absolute atomic E-state index is 8.73. The molecule has 0 aliphatic heterocycles. The van der Waals surface area contributed by atoms with E-state index in [-0.39, 0.29) is 0 Å². The van der Waals surface area contributed by atoms with Crippen LogP contribution in [0.4, 0.5) is 0 Å². The zero-order chi connectivity index (χ0) is 31.9. The Morgan fingerprint density at radius 2 is 1.33 bits per heavy atom. The number of aliphatic hydroxyl groups is 1. The number of hydrogen-bond donors (Lipinski definition) is 1. The van der Waals surface area contributed by atoms with Crippen LogP contribution in [-0.2, 0) is 8.85 Å². The molecular weight excluding hydrogens is 589 g/mol. The van der Waals surface area contributed by atoms with Crippen molar-refractivity contribution < 1.29 is 14.0 Å². The Kier molecular flexibility index (Phi) is 13.1. The van der Waals surface area contributed by atoms with E-state index in [1.54, 1.807) is 11.8 Å². The van der Waals surface area contributed by atoms with Crippen LogP contribution in [0.25, 0.3) is 5.69 Å². The van der Waals surface area contributed by atoms with Gasteiger partial charge in [0.15, 0.2) is 16.6 Å². The fourth-order valence-electron chi connectivity index (χ4n) is 4.64. The molecule has 0 spiro atoms. The van der Waals surface area contributed by atoms with E-state index in [2.05, 4.69) is 83.3 Å². The summed E-state index contributed by atoms with van der Waals surface area (Å²) in [6.45, 7) is 23.5. The van der Waals surface area contributed by atoms with E-state index in [4.69, 9.17) is 14.0 Å². The van der Waals surface area contributed by atoms with Crippen molar-refractivity contribution in [1.82, 2.24) is 20.2 Å². The number of nitrogens with zero attached hydrogens (tertiary/aromatic N) is 4. The standard InChI is InChI=1S/C20H32N4OSSi.C13H28O2Si/c1-20(2,3)27(4,5)25-18-15-16(18)11-9-10-14-26-19-21-22-23-24(19)17-12-7-6-8-13-17;1-13(2,3)16(4,5)15-12-10-11(12)8-6-7-9-14/h6-8,12-13,16,18H,9-11,14-15H2,1-5H3;11-12,14H,6-10H2,1-5H3/t16-,18-;11-,12-/m11/s1. The molecule has 0 bridgehead atoms. The van der Waals surface area contributed by atoms with E-state index in [9.17, 15) is 0 Å². The van der Waals surface area contributed by atoms with Crippen LogP contribution in [0.15, 0.2) is 35.5 Å². The van der Waals surface area contributed by atoms with Crippen LogP contribution in [0.1, 0.15) is 92.9 Å². The average molecular weight is 649 g/mol. The van der Waals surface area contributed by atoms with Crippen LogP contribution in [0.2, 0.25) is 36.3 Å². The van der Waals surface area contributed by atoms with Crippen molar-refractivity contribution in [3.63, 3.8) is 0 Å². The largest absolute Gasteiger partial charge is 0.414 e. The second kappa shape index (κ2) is 15.5. The number of hydrogen-bond acceptors (Lipinski definition) is 7. The zero-order valence-corrected chi connectivity index (χ0v) is 31.5. The summed E-state index contributed by atoms with van der Waals surface area (Å²) in [6.07, 6.45) is 10.6. The number of thioether (sulfide) groups is 1. The quantitative estimate of drug-likeness (QED) is 0.117. The first-order valence-corrected chi connectivity index (χ1v) is 23.3. The number of para-hydroxylation sites is 1. The number of benzene rings is 1. The van der Waals surface area contributed by atoms with Gasteiger partial charge in [-0.25, -0.2) is 0 Å². The molecule has 1 N–H and O–H groups in total. The minimum absolute atomic E-state index is 0.305. The number of unbranched alkanes of at least 4 members (excludes halogenated alkanes) is 2. The monoisotopic (exact) mass is 648 g/mol. The highest BCUT2D eigenvalue weighted by Crippen LogP contribution is 2.46. The first-order chi connectivity index (χ1) is 20.1. The predicted molar refractivity (Wildman–Crippen MR) is 185 cm³/mol. The first-order valence-electron chi connectivity index (χ1n) is 16.5. The summed E-state index contributed by atoms with van der Waals surface area (Å²) in [6, 6.07) is 10.1. The lowest BCUT2D eigenvalue weighted by atomic mass is 10.2. The highest BCUT2D eigenvalue weighted by molar-refractivity contribution is 7.99. The van der Waals surface area contributed by atoms with Gasteiger partial charge in [-0.05, 0) is 109 Å². The van der Waals surface area contributed by atoms with E-state index in [0.29, 0.717) is 28.9 Å². The van der Waals surface area contributed by atoms with Gasteiger partial charge in [-0.1, -0.05) is 84.3 Å². The summed E-state index contributed by atoms with van der Waals surface area (Å²) in [5.74, 6) is 2.60. The van der Waals surface area contributed by atoms with E-state index >= 15 is 0 Å². The lowest BCUT2D eigenvalue weighted by Crippen LogP contribution is -2.41. The average Bonchev–Trinajstić information content (AvgIpc) is 3.77. The Morgan fingerprint density at radius 3 is 1.81 bits per heavy atom. The fourth-order valence-corrected chi connectivity index (χ4v) is 8.32. The van der Waals surface area contributed by atoms with Crippen LogP contribution >= 0.6 is 11.8 Å². The Morgan fingerprint density at radius 1 is 0.814 bits per heavy atom. The molecule has 0 amide bonds. The molecule has 2 aliphatic rings. The lowest BCUT2D eigenvalue weighted by Gasteiger charge is -2.36. The van der Waals surface area contributed by atoms with Crippen LogP contribution < -0.4 is 0 Å². The Hall–Kier alpha value is -1.05. The minimum atomic E-state index is -1.61. The third kappa shape index (κ3) is 11.4. The minimum Gasteiger partial charge on any atom is -0.414 e. The molecule has 2 aromatic rings. The van der Waals surface area contributed by atoms with Crippen molar-refractivity contribution in [3.05, 3.63) is 30.3 Å². The molecule has 4 atom stereocenters. The molecule has 0 unspecified atom stereocenters. The lowest BCUT2D eigenvalue weighted by molar-refractivity contribution is 0.248. The number of aromatic nitrogens is 4. The maximum atomic E-state index is 8.73. The van der Waals surface area contributed by atoms with Gasteiger partial charge in [-0.2, -0.15) is 4.68 Å². The predicted octanol–water partition coefficient (Wildman–Crippen LogP) is 8.89. The van der Waals surface area contributed by atoms with Crippen LogP contribution in [0, 0.1) is 11.8 Å². The topological polar surface area (TPSA) is 82.3 Å². The van der Waals surface area contributed by atoms with Gasteiger partial charge in [0.05, 0.1) is 5.69 Å². The zero-order valence-electron chi connectivity index (χ0n) is 28.7. The second-order valence-corrected chi connectivity index (χ2v) is 26.2. The number of rotatable bonds is 15. The number of aliphatic hydroxyl groups excluding tert-OH is 1. The third-order valence-corrected chi connectivity index (χ3v) is 19.9. The van der Waals surface area contributed by atoms with E-state index in [1.807, 2.05) is 35.0 Å². The summed E-state index contributed by atoms with van der Waals surface area (Å²) in [5.41, 5.74) is 1.01. The molecule has 244 valence electrons. The summed E-state index contributed by atoms with van der Waals surface area (Å²) in [4.78, 5) is 0. The van der Waals surface area contributed by atoms with Gasteiger partial charge in [0.25, 0.3) is 0 Å². The summed E-state index contributed by atoms with van der Waals surface area (Å²) < 4.78 is 14.7. The molecule has 2 fully saturated rings. The van der Waals surface area contributed by atoms with E-state index < -0.39 is 16.6 Å². The molecule has 0 radical (unpaired) electrons. The van der Waals surface area contributed by atoms with Crippen molar-refractivity contribution >= 4 is 28.4 Å². The van der Waals surface area contributed by atoms with Gasteiger partial charge in [0.2, 0.25) is 5.16 Å². The van der Waals surface area contributed by atoms with Crippen LogP contribution in [0.5, 0.6) is 0 Å². The van der Waals surface area contributed by atoms with Gasteiger partial charge >= 0.3 is 0 Å². The SMILES string of the molecule is CC(C)(C)[Si](C)(C)O[C@@H]1C[C@H]1CCCCO.CC(C)(C)[Si](C)(C)O[C@@H]1C[C@H]1CCCCSc1nnnn1-c1ccccc1. The van der Waals surface area contributed by atoms with Gasteiger partial charge in [0.1, 0.15) is 0 Å². The van der Waals surface area contributed by atoms with Crippen LogP contribution in [0.3, 0.4) is 0 Å². The second-order valence-electron chi connectivity index (χ2n) is 15.6. The molecule has 43 heavy (non-hydrogen) atoms. The number of tetrazole rings is 1. The summed E-state index contributed by atoms with van der Waals surface area (Å²) in [7, 11) is -3.15. The van der Waals surface area contributed by atoms with Gasteiger partial charge < -0.3 is 14.0 Å². The van der Waals surface area contributed by atoms with Crippen molar-refractivity contribution in [2.24, 2.45) is 11.8 Å². The van der Waals surface area contributed by atoms with Crippen molar-refractivity contribution in [2.75, 3.05) is 12.4 Å². The molecule has 4 rings (SSSR count). The van der Waals surface area contributed by atoms with Crippen molar-refractivity contribution in [3.8, 4) is 5.69 Å². The maximum Gasteiger partial charge on any atom is 0.214 e. The first kappa shape index (κ1) is 36.4. The molecule has 1 heterocycles. The molecule has 1 aromatic heterocycles. The summed E-state index contributed by atoms with van der Waals surface area (Å²) >= 11 is 1.74. The smallest absolute Gasteiger partial charge is 0.214 e. The van der Waals surface area contributed by atoms with Gasteiger partial charge in [-0.15, -0.1) is 5.10 Å². The van der Waals surface area contributed by atoms with Crippen molar-refractivity contribution in [1.29, 1.82) is 0 Å². The van der Waals surface area contributed by atoms with E-state index in [0.717, 1.165) is 41.3 Å². The molecule has 1 aromatic carbocycles. The molecule has 0 saturated heterocycles. The summed E-state index contributed by atoms with van der Waals surface area (Å²) in [5, 5.41) is 22.3. The Balaban J connectivity index is 0.000000271. The highest BCUT2D eigenvalue weighted by Gasteiger charge is 2.47. The Bertz CT molecular complexity index is 1100. The van der Waals surface area contributed by atoms with Crippen LogP contribution in [-0.4, -0.2) is 66.5 Å². The third-order valence-electron chi connectivity index (χ3n) is 9.84. The fraction of sp³-hybridized carbons (Fsp3) is 0.788. The molecule has 2 saturated carbocycles. The molecular formula is C33H60N4O3SSi2.